The summed E-state index contributed by atoms with van der Waals surface area (Å²) in [5, 5.41) is 8.93. The smallest absolute Gasteiger partial charge is 0.356 e. The Morgan fingerprint density at radius 3 is 2.53 bits per heavy atom. The first-order valence-corrected chi connectivity index (χ1v) is 7.47. The van der Waals surface area contributed by atoms with Crippen molar-refractivity contribution in [3.05, 3.63) is 41.5 Å². The van der Waals surface area contributed by atoms with Crippen LogP contribution in [0.15, 0.2) is 40.1 Å². The van der Waals surface area contributed by atoms with Gasteiger partial charge in [0.05, 0.1) is 11.2 Å². The fourth-order valence-electron chi connectivity index (χ4n) is 1.46. The lowest BCUT2D eigenvalue weighted by Gasteiger charge is -2.18. The number of carbonyl (C=O) groups is 1. The Labute approximate surface area is 114 Å². The van der Waals surface area contributed by atoms with Gasteiger partial charge >= 0.3 is 5.97 Å². The summed E-state index contributed by atoms with van der Waals surface area (Å²) in [5.41, 5.74) is 1.20. The largest absolute Gasteiger partial charge is 0.476 e. The van der Waals surface area contributed by atoms with Gasteiger partial charge in [-0.2, -0.15) is 0 Å². The van der Waals surface area contributed by atoms with E-state index in [-0.39, 0.29) is 4.21 Å². The highest BCUT2D eigenvalue weighted by Gasteiger charge is 2.29. The monoisotopic (exact) mass is 298 g/mol. The number of nitrogens with zero attached hydrogens (tertiary/aromatic N) is 2. The predicted molar refractivity (Wildman–Crippen MR) is 71.1 cm³/mol. The van der Waals surface area contributed by atoms with Crippen molar-refractivity contribution in [3.63, 3.8) is 0 Å². The van der Waals surface area contributed by atoms with Crippen molar-refractivity contribution in [1.29, 1.82) is 0 Å². The van der Waals surface area contributed by atoms with Gasteiger partial charge in [0, 0.05) is 7.05 Å². The van der Waals surface area contributed by atoms with Crippen LogP contribution in [0.1, 0.15) is 10.5 Å². The summed E-state index contributed by atoms with van der Waals surface area (Å²) in [6.07, 6.45) is 0. The highest BCUT2D eigenvalue weighted by molar-refractivity contribution is 7.94. The second kappa shape index (κ2) is 4.98. The molecule has 0 aliphatic rings. The van der Waals surface area contributed by atoms with Gasteiger partial charge in [-0.15, -0.1) is 11.3 Å². The summed E-state index contributed by atoms with van der Waals surface area (Å²) in [5.74, 6) is -1.36. The Kier molecular flexibility index (Phi) is 3.54. The molecule has 0 spiro atoms. The summed E-state index contributed by atoms with van der Waals surface area (Å²) in [4.78, 5) is 14.5. The molecule has 0 aliphatic carbocycles. The molecular weight excluding hydrogens is 288 g/mol. The quantitative estimate of drug-likeness (QED) is 0.927. The van der Waals surface area contributed by atoms with Crippen molar-refractivity contribution >= 4 is 33.0 Å². The van der Waals surface area contributed by atoms with Crippen LogP contribution < -0.4 is 4.31 Å². The number of para-hydroxylation sites is 1. The average Bonchev–Trinajstić information content (AvgIpc) is 2.89. The maximum Gasteiger partial charge on any atom is 0.356 e. The normalized spacial score (nSPS) is 11.2. The van der Waals surface area contributed by atoms with E-state index < -0.39 is 21.7 Å². The Hall–Kier alpha value is -1.93. The molecule has 0 saturated carbocycles. The molecule has 1 aromatic heterocycles. The number of benzene rings is 1. The molecule has 2 rings (SSSR count). The van der Waals surface area contributed by atoms with Gasteiger partial charge in [-0.3, -0.25) is 4.31 Å². The van der Waals surface area contributed by atoms with Gasteiger partial charge in [0.15, 0.2) is 9.90 Å². The zero-order chi connectivity index (χ0) is 14.0. The topological polar surface area (TPSA) is 87.6 Å². The van der Waals surface area contributed by atoms with Gasteiger partial charge in [-0.1, -0.05) is 18.2 Å². The summed E-state index contributed by atoms with van der Waals surface area (Å²) >= 11 is 0.786. The lowest BCUT2D eigenvalue weighted by molar-refractivity contribution is 0.0687. The van der Waals surface area contributed by atoms with Crippen LogP contribution in [0.4, 0.5) is 5.69 Å². The zero-order valence-electron chi connectivity index (χ0n) is 9.85. The minimum Gasteiger partial charge on any atom is -0.476 e. The van der Waals surface area contributed by atoms with Crippen LogP contribution in [-0.4, -0.2) is 31.5 Å². The van der Waals surface area contributed by atoms with Crippen molar-refractivity contribution in [2.45, 2.75) is 4.21 Å². The summed E-state index contributed by atoms with van der Waals surface area (Å²) in [6.45, 7) is 0. The number of aromatic nitrogens is 1. The molecule has 1 heterocycles. The zero-order valence-corrected chi connectivity index (χ0v) is 11.5. The molecular formula is C11H10N2O4S2. The van der Waals surface area contributed by atoms with Crippen molar-refractivity contribution in [3.8, 4) is 0 Å². The molecule has 0 radical (unpaired) electrons. The van der Waals surface area contributed by atoms with Gasteiger partial charge in [0.2, 0.25) is 0 Å². The number of anilines is 1. The van der Waals surface area contributed by atoms with E-state index in [2.05, 4.69) is 4.98 Å². The summed E-state index contributed by atoms with van der Waals surface area (Å²) in [6, 6.07) is 8.41. The van der Waals surface area contributed by atoms with E-state index in [4.69, 9.17) is 5.11 Å². The lowest BCUT2D eigenvalue weighted by Crippen LogP contribution is -2.27. The Morgan fingerprint density at radius 1 is 1.32 bits per heavy atom. The third-order valence-corrected chi connectivity index (χ3v) is 5.58. The van der Waals surface area contributed by atoms with E-state index >= 15 is 0 Å². The first-order chi connectivity index (χ1) is 8.94. The molecule has 8 heteroatoms. The van der Waals surface area contributed by atoms with Gasteiger partial charge in [-0.05, 0) is 12.1 Å². The summed E-state index contributed by atoms with van der Waals surface area (Å²) < 4.78 is 25.5. The van der Waals surface area contributed by atoms with Crippen LogP contribution in [0.3, 0.4) is 0 Å². The van der Waals surface area contributed by atoms with Crippen molar-refractivity contribution in [2.75, 3.05) is 11.4 Å². The molecule has 6 nitrogen and oxygen atoms in total. The lowest BCUT2D eigenvalue weighted by atomic mass is 10.3. The minimum absolute atomic E-state index is 0.272. The van der Waals surface area contributed by atoms with E-state index in [1.807, 2.05) is 0 Å². The molecule has 0 amide bonds. The molecule has 0 fully saturated rings. The molecule has 0 aliphatic heterocycles. The Morgan fingerprint density at radius 2 is 1.95 bits per heavy atom. The van der Waals surface area contributed by atoms with Crippen LogP contribution in [0.2, 0.25) is 0 Å². The van der Waals surface area contributed by atoms with Crippen molar-refractivity contribution in [1.82, 2.24) is 4.98 Å². The molecule has 0 bridgehead atoms. The van der Waals surface area contributed by atoms with Crippen molar-refractivity contribution < 1.29 is 18.3 Å². The van der Waals surface area contributed by atoms with E-state index in [9.17, 15) is 13.2 Å². The Bertz CT molecular complexity index is 694. The van der Waals surface area contributed by atoms with Crippen LogP contribution in [0.25, 0.3) is 0 Å². The SMILES string of the molecule is CN(c1ccccc1)S(=O)(=O)c1scnc1C(=O)O. The minimum atomic E-state index is -3.92. The second-order valence-electron chi connectivity index (χ2n) is 3.60. The highest BCUT2D eigenvalue weighted by Crippen LogP contribution is 2.26. The Balaban J connectivity index is 2.49. The van der Waals surface area contributed by atoms with Crippen LogP contribution >= 0.6 is 11.3 Å². The molecule has 0 saturated heterocycles. The van der Waals surface area contributed by atoms with Gasteiger partial charge in [-0.25, -0.2) is 18.2 Å². The van der Waals surface area contributed by atoms with Crippen LogP contribution in [0.5, 0.6) is 0 Å². The average molecular weight is 298 g/mol. The number of hydrogen-bond acceptors (Lipinski definition) is 5. The molecule has 0 unspecified atom stereocenters. The number of aromatic carboxylic acids is 1. The number of carboxylic acids is 1. The van der Waals surface area contributed by atoms with Crippen molar-refractivity contribution in [2.24, 2.45) is 0 Å². The van der Waals surface area contributed by atoms with Gasteiger partial charge in [0.25, 0.3) is 10.0 Å². The number of hydrogen-bond donors (Lipinski definition) is 1. The molecule has 19 heavy (non-hydrogen) atoms. The third kappa shape index (κ3) is 2.45. The first-order valence-electron chi connectivity index (χ1n) is 5.15. The molecule has 0 atom stereocenters. The third-order valence-electron chi connectivity index (χ3n) is 2.45. The summed E-state index contributed by atoms with van der Waals surface area (Å²) in [7, 11) is -2.54. The number of rotatable bonds is 4. The van der Waals surface area contributed by atoms with Crippen LogP contribution in [-0.2, 0) is 10.0 Å². The molecule has 2 aromatic rings. The van der Waals surface area contributed by atoms with Crippen LogP contribution in [0, 0.1) is 0 Å². The number of carboxylic acid groups (broad SMARTS) is 1. The number of thiazole rings is 1. The molecule has 100 valence electrons. The fourth-order valence-corrected chi connectivity index (χ4v) is 3.95. The maximum absolute atomic E-state index is 12.4. The molecule has 1 N–H and O–H groups in total. The number of sulfonamides is 1. The maximum atomic E-state index is 12.4. The first kappa shape index (κ1) is 13.5. The van der Waals surface area contributed by atoms with Gasteiger partial charge in [0.1, 0.15) is 0 Å². The second-order valence-corrected chi connectivity index (χ2v) is 6.62. The van der Waals surface area contributed by atoms with Gasteiger partial charge < -0.3 is 5.11 Å². The van der Waals surface area contributed by atoms with E-state index in [0.717, 1.165) is 15.6 Å². The highest BCUT2D eigenvalue weighted by atomic mass is 32.2. The van der Waals surface area contributed by atoms with E-state index in [1.165, 1.54) is 12.6 Å². The predicted octanol–water partition coefficient (Wildman–Crippen LogP) is 1.67. The fraction of sp³-hybridized carbons (Fsp3) is 0.0909. The molecule has 1 aromatic carbocycles. The van der Waals surface area contributed by atoms with E-state index in [1.54, 1.807) is 30.3 Å². The standard InChI is InChI=1S/C11H10N2O4S2/c1-13(8-5-3-2-4-6-8)19(16,17)11-9(10(14)15)12-7-18-11/h2-7H,1H3,(H,14,15). The van der Waals surface area contributed by atoms with E-state index in [0.29, 0.717) is 5.69 Å².